The lowest BCUT2D eigenvalue weighted by Gasteiger charge is -2.24. The Morgan fingerprint density at radius 3 is 2.38 bits per heavy atom. The Bertz CT molecular complexity index is 151. The molecule has 1 aliphatic heterocycles. The van der Waals surface area contributed by atoms with Crippen LogP contribution in [0.15, 0.2) is 0 Å². The van der Waals surface area contributed by atoms with Crippen LogP contribution in [-0.4, -0.2) is 18.6 Å². The molecule has 1 aliphatic carbocycles. The van der Waals surface area contributed by atoms with Gasteiger partial charge in [-0.15, -0.1) is 11.6 Å². The molecule has 13 heavy (non-hydrogen) atoms. The number of hydrogen-bond acceptors (Lipinski definition) is 1. The van der Waals surface area contributed by atoms with E-state index in [0.717, 1.165) is 25.0 Å². The highest BCUT2D eigenvalue weighted by Gasteiger charge is 2.26. The van der Waals surface area contributed by atoms with E-state index in [4.69, 9.17) is 16.3 Å². The quantitative estimate of drug-likeness (QED) is 0.625. The maximum atomic E-state index is 6.10. The van der Waals surface area contributed by atoms with Crippen molar-refractivity contribution < 1.29 is 4.74 Å². The van der Waals surface area contributed by atoms with Gasteiger partial charge in [-0.1, -0.05) is 0 Å². The summed E-state index contributed by atoms with van der Waals surface area (Å²) >= 11 is 6.10. The zero-order valence-electron chi connectivity index (χ0n) is 8.18. The van der Waals surface area contributed by atoms with Gasteiger partial charge in [0.25, 0.3) is 0 Å². The summed E-state index contributed by atoms with van der Waals surface area (Å²) in [5.74, 6) is 1.85. The third-order valence-corrected chi connectivity index (χ3v) is 3.88. The molecule has 2 fully saturated rings. The number of rotatable bonds is 2. The predicted molar refractivity (Wildman–Crippen MR) is 55.1 cm³/mol. The lowest BCUT2D eigenvalue weighted by Crippen LogP contribution is -2.18. The van der Waals surface area contributed by atoms with Gasteiger partial charge in [-0.3, -0.25) is 0 Å². The maximum Gasteiger partial charge on any atom is 0.0468 e. The van der Waals surface area contributed by atoms with Gasteiger partial charge in [0.1, 0.15) is 0 Å². The molecule has 1 heterocycles. The second kappa shape index (κ2) is 4.65. The molecule has 0 bridgehead atoms. The third-order valence-electron chi connectivity index (χ3n) is 3.48. The Morgan fingerprint density at radius 2 is 1.77 bits per heavy atom. The summed E-state index contributed by atoms with van der Waals surface area (Å²) in [6.45, 7) is 1.98. The lowest BCUT2D eigenvalue weighted by atomic mass is 9.88. The first-order chi connectivity index (χ1) is 6.34. The van der Waals surface area contributed by atoms with Crippen LogP contribution in [0.3, 0.4) is 0 Å². The average molecular weight is 203 g/mol. The van der Waals surface area contributed by atoms with Crippen LogP contribution in [0.4, 0.5) is 0 Å². The van der Waals surface area contributed by atoms with Crippen molar-refractivity contribution in [1.29, 1.82) is 0 Å². The van der Waals surface area contributed by atoms with Crippen molar-refractivity contribution in [1.82, 2.24) is 0 Å². The largest absolute Gasteiger partial charge is 0.381 e. The molecule has 0 N–H and O–H groups in total. The fourth-order valence-electron chi connectivity index (χ4n) is 2.68. The molecule has 2 heteroatoms. The van der Waals surface area contributed by atoms with Crippen LogP contribution in [0.1, 0.15) is 38.5 Å². The van der Waals surface area contributed by atoms with Crippen LogP contribution in [0.2, 0.25) is 0 Å². The van der Waals surface area contributed by atoms with E-state index in [1.54, 1.807) is 0 Å². The van der Waals surface area contributed by atoms with Gasteiger partial charge in [0.15, 0.2) is 0 Å². The van der Waals surface area contributed by atoms with E-state index >= 15 is 0 Å². The SMILES string of the molecule is ClC1CCC(CC2CCOCC2)C1. The molecule has 2 atom stereocenters. The topological polar surface area (TPSA) is 9.23 Å². The van der Waals surface area contributed by atoms with E-state index < -0.39 is 0 Å². The van der Waals surface area contributed by atoms with E-state index in [-0.39, 0.29) is 0 Å². The first kappa shape index (κ1) is 9.79. The Morgan fingerprint density at radius 1 is 1.00 bits per heavy atom. The molecule has 1 saturated carbocycles. The molecule has 1 saturated heterocycles. The molecule has 2 aliphatic rings. The number of hydrogen-bond donors (Lipinski definition) is 0. The van der Waals surface area contributed by atoms with Gasteiger partial charge in [-0.05, 0) is 50.4 Å². The summed E-state index contributed by atoms with van der Waals surface area (Å²) in [6, 6.07) is 0. The van der Waals surface area contributed by atoms with Gasteiger partial charge >= 0.3 is 0 Å². The number of alkyl halides is 1. The molecular weight excluding hydrogens is 184 g/mol. The van der Waals surface area contributed by atoms with Crippen LogP contribution in [0.5, 0.6) is 0 Å². The van der Waals surface area contributed by atoms with Gasteiger partial charge < -0.3 is 4.74 Å². The smallest absolute Gasteiger partial charge is 0.0468 e. The normalized spacial score (nSPS) is 36.7. The highest BCUT2D eigenvalue weighted by molar-refractivity contribution is 6.20. The zero-order chi connectivity index (χ0) is 9.10. The lowest BCUT2D eigenvalue weighted by molar-refractivity contribution is 0.0588. The molecule has 2 unspecified atom stereocenters. The molecule has 0 amide bonds. The van der Waals surface area contributed by atoms with Crippen molar-refractivity contribution in [2.45, 2.75) is 43.9 Å². The van der Waals surface area contributed by atoms with Crippen molar-refractivity contribution >= 4 is 11.6 Å². The Hall–Kier alpha value is 0.250. The van der Waals surface area contributed by atoms with Gasteiger partial charge in [0, 0.05) is 18.6 Å². The summed E-state index contributed by atoms with van der Waals surface area (Å²) in [5.41, 5.74) is 0. The number of halogens is 1. The third kappa shape index (κ3) is 2.85. The summed E-state index contributed by atoms with van der Waals surface area (Å²) in [7, 11) is 0. The fraction of sp³-hybridized carbons (Fsp3) is 1.00. The highest BCUT2D eigenvalue weighted by atomic mass is 35.5. The van der Waals surface area contributed by atoms with E-state index in [2.05, 4.69) is 0 Å². The molecule has 0 spiro atoms. The van der Waals surface area contributed by atoms with Gasteiger partial charge in [0.05, 0.1) is 0 Å². The van der Waals surface area contributed by atoms with Crippen LogP contribution in [-0.2, 0) is 4.74 Å². The summed E-state index contributed by atoms with van der Waals surface area (Å²) in [4.78, 5) is 0. The van der Waals surface area contributed by atoms with Crippen LogP contribution >= 0.6 is 11.6 Å². The van der Waals surface area contributed by atoms with E-state index in [9.17, 15) is 0 Å². The summed E-state index contributed by atoms with van der Waals surface area (Å²) < 4.78 is 5.36. The highest BCUT2D eigenvalue weighted by Crippen LogP contribution is 2.35. The van der Waals surface area contributed by atoms with Crippen molar-refractivity contribution in [3.8, 4) is 0 Å². The predicted octanol–water partition coefficient (Wildman–Crippen LogP) is 3.21. The van der Waals surface area contributed by atoms with E-state index in [0.29, 0.717) is 5.38 Å². The maximum absolute atomic E-state index is 6.10. The monoisotopic (exact) mass is 202 g/mol. The summed E-state index contributed by atoms with van der Waals surface area (Å²) in [6.07, 6.45) is 7.85. The van der Waals surface area contributed by atoms with Crippen molar-refractivity contribution in [2.24, 2.45) is 11.8 Å². The van der Waals surface area contributed by atoms with Crippen LogP contribution < -0.4 is 0 Å². The molecule has 1 nitrogen and oxygen atoms in total. The molecule has 0 aromatic rings. The van der Waals surface area contributed by atoms with Crippen LogP contribution in [0, 0.1) is 11.8 Å². The van der Waals surface area contributed by atoms with Crippen molar-refractivity contribution in [2.75, 3.05) is 13.2 Å². The summed E-state index contributed by atoms with van der Waals surface area (Å²) in [5, 5.41) is 0.477. The Kier molecular flexibility index (Phi) is 3.51. The van der Waals surface area contributed by atoms with E-state index in [1.807, 2.05) is 0 Å². The Balaban J connectivity index is 1.71. The molecule has 0 radical (unpaired) electrons. The molecule has 2 rings (SSSR count). The second-order valence-corrected chi connectivity index (χ2v) is 5.19. The van der Waals surface area contributed by atoms with E-state index in [1.165, 1.54) is 38.5 Å². The molecular formula is C11H19ClO. The minimum atomic E-state index is 0.477. The first-order valence-electron chi connectivity index (χ1n) is 5.56. The molecule has 0 aromatic heterocycles. The minimum Gasteiger partial charge on any atom is -0.381 e. The average Bonchev–Trinajstić information content (AvgIpc) is 2.53. The molecule has 76 valence electrons. The van der Waals surface area contributed by atoms with Crippen LogP contribution in [0.25, 0.3) is 0 Å². The Labute approximate surface area is 85.8 Å². The first-order valence-corrected chi connectivity index (χ1v) is 6.00. The molecule has 0 aromatic carbocycles. The number of ether oxygens (including phenoxy) is 1. The van der Waals surface area contributed by atoms with Crippen molar-refractivity contribution in [3.63, 3.8) is 0 Å². The van der Waals surface area contributed by atoms with Gasteiger partial charge in [-0.25, -0.2) is 0 Å². The standard InChI is InChI=1S/C11H19ClO/c12-11-2-1-10(8-11)7-9-3-5-13-6-4-9/h9-11H,1-8H2. The minimum absolute atomic E-state index is 0.477. The second-order valence-electron chi connectivity index (χ2n) is 4.57. The van der Waals surface area contributed by atoms with Gasteiger partial charge in [-0.2, -0.15) is 0 Å². The fourth-order valence-corrected chi connectivity index (χ4v) is 3.06. The van der Waals surface area contributed by atoms with Crippen molar-refractivity contribution in [3.05, 3.63) is 0 Å². The van der Waals surface area contributed by atoms with Gasteiger partial charge in [0.2, 0.25) is 0 Å². The zero-order valence-corrected chi connectivity index (χ0v) is 8.93.